The van der Waals surface area contributed by atoms with E-state index in [1.807, 2.05) is 17.9 Å². The van der Waals surface area contributed by atoms with E-state index in [1.165, 1.54) is 12.1 Å². The van der Waals surface area contributed by atoms with Gasteiger partial charge in [0.05, 0.1) is 11.3 Å². The van der Waals surface area contributed by atoms with Crippen molar-refractivity contribution in [3.05, 3.63) is 76.2 Å². The average molecular weight is 427 g/mol. The number of carbonyl (C=O) groups is 1. The van der Waals surface area contributed by atoms with Gasteiger partial charge in [0.25, 0.3) is 0 Å². The Morgan fingerprint density at radius 1 is 1.19 bits per heavy atom. The minimum Gasteiger partial charge on any atom is -0.368 e. The number of ketones is 1. The van der Waals surface area contributed by atoms with Crippen LogP contribution in [0.2, 0.25) is 0 Å². The maximum absolute atomic E-state index is 12.9. The monoisotopic (exact) mass is 427 g/mol. The van der Waals surface area contributed by atoms with Crippen LogP contribution < -0.4 is 10.6 Å². The summed E-state index contributed by atoms with van der Waals surface area (Å²) in [6, 6.07) is 8.34. The summed E-state index contributed by atoms with van der Waals surface area (Å²) in [4.78, 5) is 27.6. The van der Waals surface area contributed by atoms with Crippen LogP contribution in [0.5, 0.6) is 0 Å². The number of aromatic nitrogens is 3. The predicted molar refractivity (Wildman–Crippen MR) is 110 cm³/mol. The van der Waals surface area contributed by atoms with Crippen molar-refractivity contribution in [1.82, 2.24) is 15.0 Å². The van der Waals surface area contributed by atoms with E-state index in [0.29, 0.717) is 30.9 Å². The third-order valence-electron chi connectivity index (χ3n) is 5.14. The van der Waals surface area contributed by atoms with Crippen molar-refractivity contribution in [2.45, 2.75) is 32.5 Å². The lowest BCUT2D eigenvalue weighted by Gasteiger charge is -2.29. The summed E-state index contributed by atoms with van der Waals surface area (Å²) in [5.74, 6) is 0.538. The van der Waals surface area contributed by atoms with Gasteiger partial charge in [0.2, 0.25) is 5.95 Å². The molecule has 0 aliphatic carbocycles. The summed E-state index contributed by atoms with van der Waals surface area (Å²) >= 11 is 0. The molecule has 0 atom stereocenters. The summed E-state index contributed by atoms with van der Waals surface area (Å²) in [5, 5.41) is 0. The molecule has 0 fully saturated rings. The molecule has 9 heteroatoms. The van der Waals surface area contributed by atoms with E-state index >= 15 is 0 Å². The Labute approximate surface area is 177 Å². The first-order chi connectivity index (χ1) is 14.7. The van der Waals surface area contributed by atoms with E-state index in [2.05, 4.69) is 15.0 Å². The molecule has 0 radical (unpaired) electrons. The molecule has 0 unspecified atom stereocenters. The van der Waals surface area contributed by atoms with Gasteiger partial charge in [-0.05, 0) is 36.2 Å². The van der Waals surface area contributed by atoms with Crippen molar-refractivity contribution in [2.24, 2.45) is 0 Å². The van der Waals surface area contributed by atoms with Gasteiger partial charge in [-0.2, -0.15) is 13.2 Å². The zero-order valence-electron chi connectivity index (χ0n) is 16.8. The third kappa shape index (κ3) is 4.65. The second-order valence-corrected chi connectivity index (χ2v) is 7.56. The summed E-state index contributed by atoms with van der Waals surface area (Å²) in [5.41, 5.74) is 8.09. The molecule has 1 aliphatic heterocycles. The number of carbonyl (C=O) groups excluding carboxylic acids is 1. The van der Waals surface area contributed by atoms with Gasteiger partial charge in [-0.3, -0.25) is 4.79 Å². The quantitative estimate of drug-likeness (QED) is 0.638. The van der Waals surface area contributed by atoms with Crippen LogP contribution in [0.3, 0.4) is 0 Å². The van der Waals surface area contributed by atoms with Crippen molar-refractivity contribution in [3.63, 3.8) is 0 Å². The fourth-order valence-corrected chi connectivity index (χ4v) is 3.61. The molecule has 0 bridgehead atoms. The van der Waals surface area contributed by atoms with Crippen molar-refractivity contribution in [2.75, 3.05) is 17.2 Å². The lowest BCUT2D eigenvalue weighted by atomic mass is 10.0. The van der Waals surface area contributed by atoms with Crippen molar-refractivity contribution < 1.29 is 18.0 Å². The van der Waals surface area contributed by atoms with E-state index in [1.54, 1.807) is 12.3 Å². The van der Waals surface area contributed by atoms with Crippen LogP contribution in [0.4, 0.5) is 24.9 Å². The molecule has 6 nitrogen and oxygen atoms in total. The number of halogens is 3. The molecular formula is C22H20F3N5O. The van der Waals surface area contributed by atoms with E-state index in [0.717, 1.165) is 29.0 Å². The number of benzene rings is 1. The number of fused-ring (bicyclic) bond motifs is 1. The zero-order chi connectivity index (χ0) is 22.2. The number of hydrogen-bond acceptors (Lipinski definition) is 6. The van der Waals surface area contributed by atoms with Crippen LogP contribution in [0.25, 0.3) is 0 Å². The fourth-order valence-electron chi connectivity index (χ4n) is 3.61. The third-order valence-corrected chi connectivity index (χ3v) is 5.14. The lowest BCUT2D eigenvalue weighted by molar-refractivity contribution is -0.137. The summed E-state index contributed by atoms with van der Waals surface area (Å²) in [7, 11) is 0. The Balaban J connectivity index is 1.56. The first-order valence-electron chi connectivity index (χ1n) is 9.72. The highest BCUT2D eigenvalue weighted by Gasteiger charge is 2.30. The highest BCUT2D eigenvalue weighted by atomic mass is 19.4. The van der Waals surface area contributed by atoms with Gasteiger partial charge >= 0.3 is 6.18 Å². The fraction of sp³-hybridized carbons (Fsp3) is 0.273. The van der Waals surface area contributed by atoms with Gasteiger partial charge in [0.15, 0.2) is 5.78 Å². The van der Waals surface area contributed by atoms with Gasteiger partial charge in [0.1, 0.15) is 11.5 Å². The molecule has 2 N–H and O–H groups in total. The second kappa shape index (κ2) is 7.98. The molecule has 1 aliphatic rings. The van der Waals surface area contributed by atoms with Crippen molar-refractivity contribution in [1.29, 1.82) is 0 Å². The number of nitrogens with two attached hydrogens (primary N) is 1. The van der Waals surface area contributed by atoms with E-state index in [9.17, 15) is 18.0 Å². The number of pyridine rings is 1. The Hall–Kier alpha value is -3.49. The number of nitrogens with zero attached hydrogens (tertiary/aromatic N) is 4. The van der Waals surface area contributed by atoms with Crippen LogP contribution in [-0.2, 0) is 25.6 Å². The van der Waals surface area contributed by atoms with Gasteiger partial charge in [-0.25, -0.2) is 15.0 Å². The number of hydrogen-bond donors (Lipinski definition) is 1. The van der Waals surface area contributed by atoms with E-state index in [4.69, 9.17) is 5.73 Å². The smallest absolute Gasteiger partial charge is 0.368 e. The van der Waals surface area contributed by atoms with Crippen LogP contribution in [-0.4, -0.2) is 27.3 Å². The summed E-state index contributed by atoms with van der Waals surface area (Å²) < 4.78 is 38.8. The number of alkyl halides is 3. The van der Waals surface area contributed by atoms with E-state index in [-0.39, 0.29) is 23.8 Å². The molecule has 2 aromatic heterocycles. The molecule has 0 saturated carbocycles. The van der Waals surface area contributed by atoms with Crippen LogP contribution in [0, 0.1) is 6.92 Å². The number of rotatable bonds is 4. The molecule has 4 rings (SSSR count). The second-order valence-electron chi connectivity index (χ2n) is 7.56. The normalized spacial score (nSPS) is 13.7. The highest BCUT2D eigenvalue weighted by molar-refractivity contribution is 5.96. The van der Waals surface area contributed by atoms with Crippen LogP contribution in [0.1, 0.15) is 38.4 Å². The minimum absolute atomic E-state index is 0.157. The van der Waals surface area contributed by atoms with Gasteiger partial charge < -0.3 is 10.6 Å². The Kier molecular flexibility index (Phi) is 5.34. The largest absolute Gasteiger partial charge is 0.416 e. The Morgan fingerprint density at radius 2 is 2.00 bits per heavy atom. The number of nitrogen functional groups attached to an aromatic ring is 1. The molecule has 31 heavy (non-hydrogen) atoms. The molecule has 0 spiro atoms. The molecule has 3 heterocycles. The Morgan fingerprint density at radius 3 is 2.77 bits per heavy atom. The maximum atomic E-state index is 12.9. The molecular weight excluding hydrogens is 407 g/mol. The zero-order valence-corrected chi connectivity index (χ0v) is 16.8. The van der Waals surface area contributed by atoms with Gasteiger partial charge in [0, 0.05) is 37.7 Å². The van der Waals surface area contributed by atoms with Crippen molar-refractivity contribution in [3.8, 4) is 0 Å². The maximum Gasteiger partial charge on any atom is 0.416 e. The standard InChI is InChI=1S/C22H20F3N5O/c1-13-7-18(19(31)10-14-3-2-4-16(9-14)22(23,24)25)28-20(8-13)30-6-5-17-15(12-30)11-27-21(26)29-17/h2-4,7-9,11H,5-6,10,12H2,1H3,(H2,26,27,29). The van der Waals surface area contributed by atoms with Crippen molar-refractivity contribution >= 4 is 17.5 Å². The first-order valence-corrected chi connectivity index (χ1v) is 9.72. The Bertz CT molecular complexity index is 1150. The van der Waals surface area contributed by atoms with Gasteiger partial charge in [-0.1, -0.05) is 18.2 Å². The van der Waals surface area contributed by atoms with Crippen LogP contribution >= 0.6 is 0 Å². The number of anilines is 2. The predicted octanol–water partition coefficient (Wildman–Crippen LogP) is 3.77. The molecule has 0 saturated heterocycles. The number of Topliss-reactive ketones (excluding diaryl/α,β-unsaturated/α-hetero) is 1. The summed E-state index contributed by atoms with van der Waals surface area (Å²) in [6.07, 6.45) is -2.24. The molecule has 1 aromatic carbocycles. The topological polar surface area (TPSA) is 85.0 Å². The molecule has 0 amide bonds. The minimum atomic E-state index is -4.45. The molecule has 3 aromatic rings. The average Bonchev–Trinajstić information content (AvgIpc) is 2.72. The van der Waals surface area contributed by atoms with Gasteiger partial charge in [-0.15, -0.1) is 0 Å². The SMILES string of the molecule is Cc1cc(C(=O)Cc2cccc(C(F)(F)F)c2)nc(N2CCc3nc(N)ncc3C2)c1. The lowest BCUT2D eigenvalue weighted by Crippen LogP contribution is -2.32. The van der Waals surface area contributed by atoms with Crippen LogP contribution in [0.15, 0.2) is 42.6 Å². The highest BCUT2D eigenvalue weighted by Crippen LogP contribution is 2.30. The summed E-state index contributed by atoms with van der Waals surface area (Å²) in [6.45, 7) is 3.04. The first kappa shape index (κ1) is 20.8. The number of aryl methyl sites for hydroxylation is 1. The van der Waals surface area contributed by atoms with E-state index < -0.39 is 11.7 Å². The molecule has 160 valence electrons.